The molecule has 2 aromatic carbocycles. The van der Waals surface area contributed by atoms with E-state index in [1.807, 2.05) is 12.1 Å². The van der Waals surface area contributed by atoms with Gasteiger partial charge in [0.15, 0.2) is 11.5 Å². The Morgan fingerprint density at radius 3 is 2.55 bits per heavy atom. The van der Waals surface area contributed by atoms with Gasteiger partial charge in [-0.05, 0) is 43.9 Å². The van der Waals surface area contributed by atoms with Gasteiger partial charge in [0.1, 0.15) is 0 Å². The summed E-state index contributed by atoms with van der Waals surface area (Å²) >= 11 is 0. The van der Waals surface area contributed by atoms with Gasteiger partial charge in [0.2, 0.25) is 0 Å². The van der Waals surface area contributed by atoms with E-state index in [1.54, 1.807) is 14.2 Å². The molecule has 5 nitrogen and oxygen atoms in total. The first-order valence-electron chi connectivity index (χ1n) is 10.6. The number of nitrogens with zero attached hydrogens (tertiary/aromatic N) is 2. The zero-order valence-corrected chi connectivity index (χ0v) is 17.4. The minimum Gasteiger partial charge on any atom is -0.493 e. The number of nitrogens with one attached hydrogen (secondary N) is 1. The Labute approximate surface area is 172 Å². The summed E-state index contributed by atoms with van der Waals surface area (Å²) in [7, 11) is 3.35. The van der Waals surface area contributed by atoms with E-state index in [0.29, 0.717) is 11.8 Å². The maximum atomic E-state index is 5.58. The minimum atomic E-state index is 0.443. The molecule has 0 bridgehead atoms. The molecule has 2 aliphatic rings. The molecular weight excluding hydrogens is 362 g/mol. The first-order chi connectivity index (χ1) is 14.2. The lowest BCUT2D eigenvalue weighted by molar-refractivity contribution is 0.200. The number of benzene rings is 2. The van der Waals surface area contributed by atoms with E-state index in [9.17, 15) is 0 Å². The molecule has 29 heavy (non-hydrogen) atoms. The van der Waals surface area contributed by atoms with E-state index in [0.717, 1.165) is 51.7 Å². The Balaban J connectivity index is 1.58. The molecule has 3 atom stereocenters. The van der Waals surface area contributed by atoms with Gasteiger partial charge in [-0.2, -0.15) is 0 Å². The van der Waals surface area contributed by atoms with Crippen LogP contribution in [0.3, 0.4) is 0 Å². The van der Waals surface area contributed by atoms with Crippen molar-refractivity contribution in [3.8, 4) is 11.5 Å². The molecular formula is C24H29N3O2. The number of hydrogen-bond acceptors (Lipinski definition) is 5. The monoisotopic (exact) mass is 391 g/mol. The molecule has 1 saturated carbocycles. The van der Waals surface area contributed by atoms with Gasteiger partial charge in [0, 0.05) is 35.5 Å². The maximum Gasteiger partial charge on any atom is 0.162 e. The van der Waals surface area contributed by atoms with Crippen LogP contribution >= 0.6 is 0 Å². The summed E-state index contributed by atoms with van der Waals surface area (Å²) in [5, 5.41) is 6.14. The van der Waals surface area contributed by atoms with E-state index < -0.39 is 0 Å². The van der Waals surface area contributed by atoms with E-state index in [-0.39, 0.29) is 0 Å². The predicted molar refractivity (Wildman–Crippen MR) is 118 cm³/mol. The molecule has 2 unspecified atom stereocenters. The van der Waals surface area contributed by atoms with Crippen LogP contribution in [0.4, 0.5) is 5.69 Å². The molecule has 5 rings (SSSR count). The highest BCUT2D eigenvalue weighted by atomic mass is 16.5. The number of likely N-dealkylation sites (tertiary alicyclic amines) is 1. The van der Waals surface area contributed by atoms with Crippen molar-refractivity contribution in [2.75, 3.05) is 32.6 Å². The Kier molecular flexibility index (Phi) is 4.70. The van der Waals surface area contributed by atoms with Crippen molar-refractivity contribution in [1.82, 2.24) is 9.88 Å². The van der Waals surface area contributed by atoms with E-state index in [2.05, 4.69) is 41.4 Å². The summed E-state index contributed by atoms with van der Waals surface area (Å²) in [6.07, 6.45) is 3.80. The predicted octanol–water partition coefficient (Wildman–Crippen LogP) is 4.69. The van der Waals surface area contributed by atoms with Crippen molar-refractivity contribution in [2.24, 2.45) is 5.92 Å². The van der Waals surface area contributed by atoms with Crippen LogP contribution in [0.2, 0.25) is 0 Å². The van der Waals surface area contributed by atoms with Crippen molar-refractivity contribution < 1.29 is 9.47 Å². The van der Waals surface area contributed by atoms with Gasteiger partial charge >= 0.3 is 0 Å². The Bertz CT molecular complexity index is 1050. The first kappa shape index (κ1) is 18.5. The van der Waals surface area contributed by atoms with Crippen LogP contribution in [0.1, 0.15) is 26.2 Å². The summed E-state index contributed by atoms with van der Waals surface area (Å²) in [6, 6.07) is 13.6. The van der Waals surface area contributed by atoms with Crippen LogP contribution < -0.4 is 14.8 Å². The van der Waals surface area contributed by atoms with Crippen LogP contribution in [-0.4, -0.2) is 49.3 Å². The number of fused-ring (bicyclic) bond motifs is 2. The number of pyridine rings is 1. The number of para-hydroxylation sites is 1. The fraction of sp³-hybridized carbons (Fsp3) is 0.458. The third-order valence-corrected chi connectivity index (χ3v) is 6.52. The lowest BCUT2D eigenvalue weighted by Gasteiger charge is -2.34. The standard InChI is InChI=1S/C24H29N3O2/c1-15-11-21(15)27-10-6-7-16(14-27)25-24-17-8-4-5-9-19(17)26-20-13-23(29-3)22(28-2)12-18(20)24/h4-5,8-9,12-13,15-16,21H,6-7,10-11,14H2,1-3H3,(H,25,26)/t15?,16-,21?/m1/s1. The average molecular weight is 392 g/mol. The zero-order valence-electron chi connectivity index (χ0n) is 17.4. The second kappa shape index (κ2) is 7.38. The van der Waals surface area contributed by atoms with E-state index in [4.69, 9.17) is 14.5 Å². The number of ether oxygens (including phenoxy) is 2. The second-order valence-electron chi connectivity index (χ2n) is 8.49. The highest BCUT2D eigenvalue weighted by molar-refractivity contribution is 6.08. The molecule has 1 aromatic heterocycles. The molecule has 1 aliphatic heterocycles. The number of anilines is 1. The number of methoxy groups -OCH3 is 2. The summed E-state index contributed by atoms with van der Waals surface area (Å²) < 4.78 is 11.1. The van der Waals surface area contributed by atoms with Crippen molar-refractivity contribution in [2.45, 2.75) is 38.3 Å². The van der Waals surface area contributed by atoms with Crippen LogP contribution in [0.15, 0.2) is 36.4 Å². The fourth-order valence-corrected chi connectivity index (χ4v) is 4.81. The Hall–Kier alpha value is -2.53. The normalized spacial score (nSPS) is 24.6. The lowest BCUT2D eigenvalue weighted by atomic mass is 10.0. The van der Waals surface area contributed by atoms with Gasteiger partial charge in [-0.1, -0.05) is 25.1 Å². The number of rotatable bonds is 5. The molecule has 2 heterocycles. The quantitative estimate of drug-likeness (QED) is 0.640. The summed E-state index contributed by atoms with van der Waals surface area (Å²) in [6.45, 7) is 4.71. The number of piperidine rings is 1. The molecule has 152 valence electrons. The van der Waals surface area contributed by atoms with Crippen molar-refractivity contribution in [3.63, 3.8) is 0 Å². The summed E-state index contributed by atoms with van der Waals surface area (Å²) in [5.41, 5.74) is 3.08. The van der Waals surface area contributed by atoms with Gasteiger partial charge in [-0.3, -0.25) is 4.90 Å². The lowest BCUT2D eigenvalue weighted by Crippen LogP contribution is -2.43. The number of hydrogen-bond donors (Lipinski definition) is 1. The molecule has 2 fully saturated rings. The highest BCUT2D eigenvalue weighted by Gasteiger charge is 2.39. The van der Waals surface area contributed by atoms with Crippen molar-refractivity contribution in [3.05, 3.63) is 36.4 Å². The molecule has 0 radical (unpaired) electrons. The van der Waals surface area contributed by atoms with Crippen molar-refractivity contribution >= 4 is 27.5 Å². The molecule has 0 spiro atoms. The van der Waals surface area contributed by atoms with Gasteiger partial charge in [0.05, 0.1) is 30.9 Å². The Morgan fingerprint density at radius 2 is 1.79 bits per heavy atom. The molecule has 1 saturated heterocycles. The SMILES string of the molecule is COc1cc2nc3ccccc3c(N[C@@H]3CCCN(C4CC4C)C3)c2cc1OC. The molecule has 5 heteroatoms. The van der Waals surface area contributed by atoms with Crippen LogP contribution in [0.25, 0.3) is 21.8 Å². The highest BCUT2D eigenvalue weighted by Crippen LogP contribution is 2.40. The topological polar surface area (TPSA) is 46.6 Å². The third-order valence-electron chi connectivity index (χ3n) is 6.52. The van der Waals surface area contributed by atoms with E-state index >= 15 is 0 Å². The summed E-state index contributed by atoms with van der Waals surface area (Å²) in [4.78, 5) is 7.57. The largest absolute Gasteiger partial charge is 0.493 e. The van der Waals surface area contributed by atoms with Gasteiger partial charge in [-0.15, -0.1) is 0 Å². The molecule has 3 aromatic rings. The zero-order chi connectivity index (χ0) is 20.0. The summed E-state index contributed by atoms with van der Waals surface area (Å²) in [5.74, 6) is 2.30. The number of aromatic nitrogens is 1. The first-order valence-corrected chi connectivity index (χ1v) is 10.6. The fourth-order valence-electron chi connectivity index (χ4n) is 4.81. The maximum absolute atomic E-state index is 5.58. The molecule has 1 aliphatic carbocycles. The third kappa shape index (κ3) is 3.38. The van der Waals surface area contributed by atoms with Gasteiger partial charge in [0.25, 0.3) is 0 Å². The van der Waals surface area contributed by atoms with Crippen molar-refractivity contribution in [1.29, 1.82) is 0 Å². The smallest absolute Gasteiger partial charge is 0.162 e. The van der Waals surface area contributed by atoms with Gasteiger partial charge in [-0.25, -0.2) is 4.98 Å². The molecule has 0 amide bonds. The van der Waals surface area contributed by atoms with Crippen LogP contribution in [-0.2, 0) is 0 Å². The van der Waals surface area contributed by atoms with Crippen LogP contribution in [0, 0.1) is 5.92 Å². The minimum absolute atomic E-state index is 0.443. The Morgan fingerprint density at radius 1 is 1.03 bits per heavy atom. The van der Waals surface area contributed by atoms with Crippen LogP contribution in [0.5, 0.6) is 11.5 Å². The average Bonchev–Trinajstić information content (AvgIpc) is 3.49. The molecule has 1 N–H and O–H groups in total. The second-order valence-corrected chi connectivity index (χ2v) is 8.49. The van der Waals surface area contributed by atoms with Gasteiger partial charge < -0.3 is 14.8 Å². The van der Waals surface area contributed by atoms with E-state index in [1.165, 1.54) is 25.8 Å².